The van der Waals surface area contributed by atoms with Crippen LogP contribution in [0.5, 0.6) is 0 Å². The van der Waals surface area contributed by atoms with Crippen LogP contribution in [0.3, 0.4) is 0 Å². The number of aryl methyl sites for hydroxylation is 1. The number of nitrogens with one attached hydrogen (secondary N) is 1. The van der Waals surface area contributed by atoms with Crippen LogP contribution in [0, 0.1) is 0 Å². The van der Waals surface area contributed by atoms with Crippen LogP contribution in [-0.4, -0.2) is 48.9 Å². The summed E-state index contributed by atoms with van der Waals surface area (Å²) >= 11 is 0. The maximum Gasteiger partial charge on any atom is 0.166 e. The molecule has 0 unspecified atom stereocenters. The zero-order valence-electron chi connectivity index (χ0n) is 12.9. The second kappa shape index (κ2) is 7.12. The fourth-order valence-electron chi connectivity index (χ4n) is 3.67. The number of rotatable bonds is 5. The summed E-state index contributed by atoms with van der Waals surface area (Å²) in [5, 5.41) is 0. The quantitative estimate of drug-likeness (QED) is 0.847. The summed E-state index contributed by atoms with van der Waals surface area (Å²) in [6, 6.07) is 2.04. The fraction of sp³-hybridized carbons (Fsp3) is 0.706. The molecule has 0 saturated carbocycles. The van der Waals surface area contributed by atoms with Crippen molar-refractivity contribution in [2.45, 2.75) is 44.9 Å². The molecule has 0 aliphatic carbocycles. The smallest absolute Gasteiger partial charge is 0.166 e. The van der Waals surface area contributed by atoms with Crippen molar-refractivity contribution in [1.82, 2.24) is 9.88 Å². The Morgan fingerprint density at radius 3 is 2.67 bits per heavy atom. The number of aromatic amines is 1. The Labute approximate surface area is 127 Å². The molecular weight excluding hydrogens is 262 g/mol. The van der Waals surface area contributed by atoms with Crippen molar-refractivity contribution in [1.29, 1.82) is 0 Å². The van der Waals surface area contributed by atoms with Crippen molar-refractivity contribution in [3.63, 3.8) is 0 Å². The lowest BCUT2D eigenvalue weighted by atomic mass is 10.1. The third-order valence-electron chi connectivity index (χ3n) is 4.82. The van der Waals surface area contributed by atoms with E-state index in [2.05, 4.69) is 14.8 Å². The first-order chi connectivity index (χ1) is 10.4. The van der Waals surface area contributed by atoms with E-state index in [4.69, 9.17) is 0 Å². The van der Waals surface area contributed by atoms with Gasteiger partial charge >= 0.3 is 0 Å². The second-order valence-electron chi connectivity index (χ2n) is 6.41. The monoisotopic (exact) mass is 289 g/mol. The van der Waals surface area contributed by atoms with Crippen molar-refractivity contribution in [3.05, 3.63) is 17.5 Å². The van der Waals surface area contributed by atoms with E-state index in [0.29, 0.717) is 0 Å². The molecule has 3 heterocycles. The molecule has 0 atom stereocenters. The van der Waals surface area contributed by atoms with E-state index in [1.165, 1.54) is 69.5 Å². The summed E-state index contributed by atoms with van der Waals surface area (Å²) in [6.45, 7) is 6.02. The number of likely N-dealkylation sites (tertiary alicyclic amines) is 1. The summed E-state index contributed by atoms with van der Waals surface area (Å²) in [7, 11) is 0. The SMILES string of the molecule is O=Cc1cc2c([nH]1)CCCCN2CCCN1CCCCC1. The van der Waals surface area contributed by atoms with Crippen LogP contribution in [-0.2, 0) is 6.42 Å². The zero-order chi connectivity index (χ0) is 14.5. The van der Waals surface area contributed by atoms with Gasteiger partial charge in [-0.05, 0) is 64.2 Å². The molecule has 1 N–H and O–H groups in total. The minimum Gasteiger partial charge on any atom is -0.370 e. The van der Waals surface area contributed by atoms with E-state index >= 15 is 0 Å². The molecule has 1 aromatic heterocycles. The van der Waals surface area contributed by atoms with Gasteiger partial charge in [0.25, 0.3) is 0 Å². The molecule has 0 radical (unpaired) electrons. The number of carbonyl (C=O) groups is 1. The highest BCUT2D eigenvalue weighted by Crippen LogP contribution is 2.27. The first-order valence-electron chi connectivity index (χ1n) is 8.51. The summed E-state index contributed by atoms with van der Waals surface area (Å²) in [4.78, 5) is 19.3. The number of aromatic nitrogens is 1. The standard InChI is InChI=1S/C17H27N3O/c21-14-15-13-17-16(18-15)7-2-5-11-20(17)12-6-10-19-8-3-1-4-9-19/h13-14,18H,1-12H2. The molecule has 21 heavy (non-hydrogen) atoms. The van der Waals surface area contributed by atoms with E-state index < -0.39 is 0 Å². The van der Waals surface area contributed by atoms with Gasteiger partial charge in [-0.15, -0.1) is 0 Å². The maximum absolute atomic E-state index is 11.0. The largest absolute Gasteiger partial charge is 0.370 e. The highest BCUT2D eigenvalue weighted by molar-refractivity contribution is 5.76. The molecule has 2 aliphatic rings. The molecule has 0 spiro atoms. The molecule has 4 nitrogen and oxygen atoms in total. The van der Waals surface area contributed by atoms with Crippen molar-refractivity contribution < 1.29 is 4.79 Å². The van der Waals surface area contributed by atoms with E-state index in [1.54, 1.807) is 0 Å². The number of nitrogens with zero attached hydrogens (tertiary/aromatic N) is 2. The molecular formula is C17H27N3O. The van der Waals surface area contributed by atoms with Crippen molar-refractivity contribution in [2.75, 3.05) is 37.6 Å². The number of carbonyl (C=O) groups excluding carboxylic acids is 1. The van der Waals surface area contributed by atoms with Gasteiger partial charge in [0.1, 0.15) is 0 Å². The Balaban J connectivity index is 1.56. The van der Waals surface area contributed by atoms with Crippen LogP contribution in [0.1, 0.15) is 54.7 Å². The summed E-state index contributed by atoms with van der Waals surface area (Å²) in [5.41, 5.74) is 3.25. The first-order valence-corrected chi connectivity index (χ1v) is 8.51. The van der Waals surface area contributed by atoms with Gasteiger partial charge in [0.2, 0.25) is 0 Å². The molecule has 0 aromatic carbocycles. The van der Waals surface area contributed by atoms with Crippen LogP contribution in [0.15, 0.2) is 6.07 Å². The van der Waals surface area contributed by atoms with Crippen molar-refractivity contribution >= 4 is 12.0 Å². The summed E-state index contributed by atoms with van der Waals surface area (Å²) in [6.07, 6.45) is 9.84. The Bertz CT molecular complexity index is 463. The first kappa shape index (κ1) is 14.6. The van der Waals surface area contributed by atoms with Crippen molar-refractivity contribution in [2.24, 2.45) is 0 Å². The maximum atomic E-state index is 11.0. The molecule has 1 saturated heterocycles. The number of H-pyrrole nitrogens is 1. The summed E-state index contributed by atoms with van der Waals surface area (Å²) in [5.74, 6) is 0. The number of hydrogen-bond donors (Lipinski definition) is 1. The minimum atomic E-state index is 0.725. The number of aldehydes is 1. The van der Waals surface area contributed by atoms with E-state index in [-0.39, 0.29) is 0 Å². The second-order valence-corrected chi connectivity index (χ2v) is 6.41. The topological polar surface area (TPSA) is 39.3 Å². The van der Waals surface area contributed by atoms with E-state index in [1.807, 2.05) is 6.07 Å². The number of hydrogen-bond acceptors (Lipinski definition) is 3. The zero-order valence-corrected chi connectivity index (χ0v) is 12.9. The Morgan fingerprint density at radius 1 is 1.05 bits per heavy atom. The van der Waals surface area contributed by atoms with Gasteiger partial charge in [0.15, 0.2) is 6.29 Å². The van der Waals surface area contributed by atoms with Crippen LogP contribution in [0.4, 0.5) is 5.69 Å². The van der Waals surface area contributed by atoms with Gasteiger partial charge in [-0.2, -0.15) is 0 Å². The van der Waals surface area contributed by atoms with Crippen LogP contribution in [0.2, 0.25) is 0 Å². The molecule has 0 bridgehead atoms. The number of fused-ring (bicyclic) bond motifs is 1. The molecule has 3 rings (SSSR count). The van der Waals surface area contributed by atoms with E-state index in [9.17, 15) is 4.79 Å². The lowest BCUT2D eigenvalue weighted by Crippen LogP contribution is -2.33. The van der Waals surface area contributed by atoms with Crippen LogP contribution >= 0.6 is 0 Å². The Morgan fingerprint density at radius 2 is 1.86 bits per heavy atom. The average Bonchev–Trinajstić information content (AvgIpc) is 2.85. The van der Waals surface area contributed by atoms with Crippen LogP contribution in [0.25, 0.3) is 0 Å². The molecule has 2 aliphatic heterocycles. The van der Waals surface area contributed by atoms with Gasteiger partial charge in [-0.1, -0.05) is 6.42 Å². The van der Waals surface area contributed by atoms with Gasteiger partial charge in [-0.25, -0.2) is 0 Å². The number of anilines is 1. The third kappa shape index (κ3) is 3.67. The molecule has 0 amide bonds. The Hall–Kier alpha value is -1.29. The van der Waals surface area contributed by atoms with Gasteiger partial charge < -0.3 is 14.8 Å². The van der Waals surface area contributed by atoms with Gasteiger partial charge in [-0.3, -0.25) is 4.79 Å². The molecule has 116 valence electrons. The highest BCUT2D eigenvalue weighted by atomic mass is 16.1. The normalized spacial score (nSPS) is 20.1. The molecule has 1 aromatic rings. The predicted molar refractivity (Wildman–Crippen MR) is 86.2 cm³/mol. The minimum absolute atomic E-state index is 0.725. The average molecular weight is 289 g/mol. The van der Waals surface area contributed by atoms with Crippen molar-refractivity contribution in [3.8, 4) is 0 Å². The van der Waals surface area contributed by atoms with E-state index in [0.717, 1.165) is 31.5 Å². The third-order valence-corrected chi connectivity index (χ3v) is 4.82. The van der Waals surface area contributed by atoms with Gasteiger partial charge in [0, 0.05) is 18.8 Å². The summed E-state index contributed by atoms with van der Waals surface area (Å²) < 4.78 is 0. The fourth-order valence-corrected chi connectivity index (χ4v) is 3.67. The molecule has 4 heteroatoms. The number of piperidine rings is 1. The van der Waals surface area contributed by atoms with Crippen LogP contribution < -0.4 is 4.90 Å². The lowest BCUT2D eigenvalue weighted by molar-refractivity contribution is 0.111. The van der Waals surface area contributed by atoms with Gasteiger partial charge in [0.05, 0.1) is 11.4 Å². The highest BCUT2D eigenvalue weighted by Gasteiger charge is 2.18. The predicted octanol–water partition coefficient (Wildman–Crippen LogP) is 2.85. The Kier molecular flexibility index (Phi) is 4.96. The molecule has 1 fully saturated rings. The lowest BCUT2D eigenvalue weighted by Gasteiger charge is -2.28.